The van der Waals surface area contributed by atoms with E-state index in [4.69, 9.17) is 13.8 Å². The highest BCUT2D eigenvalue weighted by Crippen LogP contribution is 2.47. The Labute approximate surface area is 335 Å². The minimum absolute atomic E-state index is 0.156. The smallest absolute Gasteiger partial charge is 0.397 e. The van der Waals surface area contributed by atoms with Crippen molar-refractivity contribution in [3.63, 3.8) is 0 Å². The number of nitrogens with one attached hydrogen (secondary N) is 1. The lowest BCUT2D eigenvalue weighted by atomic mass is 10.1. The number of phenols is 1. The first kappa shape index (κ1) is 46.9. The second-order valence-electron chi connectivity index (χ2n) is 11.4. The summed E-state index contributed by atoms with van der Waals surface area (Å²) in [5, 5.41) is 28.4. The van der Waals surface area contributed by atoms with Gasteiger partial charge in [-0.05, 0) is 54.6 Å². The number of sulfone groups is 2. The predicted molar refractivity (Wildman–Crippen MR) is 202 cm³/mol. The van der Waals surface area contributed by atoms with Gasteiger partial charge in [-0.1, -0.05) is 6.07 Å². The van der Waals surface area contributed by atoms with Gasteiger partial charge in [0.1, 0.15) is 33.6 Å². The third-order valence-corrected chi connectivity index (χ3v) is 13.0. The van der Waals surface area contributed by atoms with E-state index >= 15 is 0 Å². The number of phenolic OH excluding ortho intramolecular Hbond substituents is 1. The zero-order valence-corrected chi connectivity index (χ0v) is 34.3. The minimum Gasteiger partial charge on any atom is -0.505 e. The number of hydrogen-bond acceptors (Lipinski definition) is 21. The molecule has 4 aromatic carbocycles. The van der Waals surface area contributed by atoms with E-state index < -0.39 is 129 Å². The summed E-state index contributed by atoms with van der Waals surface area (Å²) < 4.78 is 193. The summed E-state index contributed by atoms with van der Waals surface area (Å²) in [6.45, 7) is -1.93. The SMILES string of the molecule is COc1ccc(S(=O)(=O)CCOS(=O)(=O)O)cc1N=Nc1c(S(=O)(=O)O)cc2c(N=Nc3cccc(S(=O)(=O)CCOS(=O)(=O)O)c3)c(NCS(=O)(=O)O)ccc2c1O. The Morgan fingerprint density at radius 1 is 0.627 bits per heavy atom. The average Bonchev–Trinajstić information content (AvgIpc) is 3.10. The number of aromatic hydroxyl groups is 1. The third kappa shape index (κ3) is 13.1. The van der Waals surface area contributed by atoms with Crippen LogP contribution in [0.25, 0.3) is 10.8 Å². The second-order valence-corrected chi connectivity index (χ2v) is 20.6. The molecule has 0 heterocycles. The molecule has 25 nitrogen and oxygen atoms in total. The van der Waals surface area contributed by atoms with Crippen LogP contribution < -0.4 is 10.1 Å². The van der Waals surface area contributed by atoms with Crippen LogP contribution >= 0.6 is 0 Å². The average molecular weight is 948 g/mol. The Kier molecular flexibility index (Phi) is 14.2. The normalized spacial score (nSPS) is 13.4. The first-order chi connectivity index (χ1) is 27.1. The molecule has 0 unspecified atom stereocenters. The summed E-state index contributed by atoms with van der Waals surface area (Å²) >= 11 is 0. The molecule has 59 heavy (non-hydrogen) atoms. The topological polar surface area (TPSA) is 395 Å². The summed E-state index contributed by atoms with van der Waals surface area (Å²) in [6, 6.07) is 10.4. The van der Waals surface area contributed by atoms with Crippen LogP contribution in [0.3, 0.4) is 0 Å². The van der Waals surface area contributed by atoms with Gasteiger partial charge in [0.15, 0.2) is 25.4 Å². The quantitative estimate of drug-likeness (QED) is 0.0581. The number of methoxy groups -OCH3 is 1. The van der Waals surface area contributed by atoms with E-state index in [2.05, 4.69) is 34.1 Å². The highest BCUT2D eigenvalue weighted by Gasteiger charge is 2.26. The fraction of sp³-hybridized carbons (Fsp3) is 0.214. The van der Waals surface area contributed by atoms with Gasteiger partial charge in [0.05, 0.1) is 53.0 Å². The van der Waals surface area contributed by atoms with Crippen molar-refractivity contribution in [3.8, 4) is 11.5 Å². The Bertz CT molecular complexity index is 3030. The van der Waals surface area contributed by atoms with Crippen LogP contribution in [0.1, 0.15) is 0 Å². The Hall–Kier alpha value is -4.80. The van der Waals surface area contributed by atoms with Crippen LogP contribution in [0.5, 0.6) is 11.5 Å². The summed E-state index contributed by atoms with van der Waals surface area (Å²) in [4.78, 5) is -2.08. The van der Waals surface area contributed by atoms with Gasteiger partial charge in [-0.15, -0.1) is 15.3 Å². The lowest BCUT2D eigenvalue weighted by Gasteiger charge is -2.14. The maximum Gasteiger partial charge on any atom is 0.397 e. The molecule has 0 saturated heterocycles. The third-order valence-electron chi connectivity index (χ3n) is 7.31. The van der Waals surface area contributed by atoms with Crippen molar-refractivity contribution in [1.82, 2.24) is 0 Å². The molecule has 31 heteroatoms. The second kappa shape index (κ2) is 17.8. The molecular formula is C28H29N5O20S6. The van der Waals surface area contributed by atoms with Crippen LogP contribution in [0.15, 0.2) is 95.8 Å². The van der Waals surface area contributed by atoms with Crippen LogP contribution in [-0.2, 0) is 69.1 Å². The first-order valence-electron chi connectivity index (χ1n) is 15.4. The molecule has 0 saturated carbocycles. The number of benzene rings is 4. The number of ether oxygens (including phenoxy) is 1. The van der Waals surface area contributed by atoms with Crippen molar-refractivity contribution < 1.29 is 86.9 Å². The van der Waals surface area contributed by atoms with Crippen LogP contribution in [0.2, 0.25) is 0 Å². The van der Waals surface area contributed by atoms with Gasteiger partial charge in [0, 0.05) is 10.8 Å². The van der Waals surface area contributed by atoms with E-state index in [1.807, 2.05) is 0 Å². The van der Waals surface area contributed by atoms with E-state index in [1.165, 1.54) is 12.1 Å². The van der Waals surface area contributed by atoms with E-state index in [9.17, 15) is 64.7 Å². The first-order valence-corrected chi connectivity index (χ1v) is 24.5. The molecule has 0 radical (unpaired) electrons. The summed E-state index contributed by atoms with van der Waals surface area (Å²) in [5.41, 5.74) is -2.31. The molecule has 0 aliphatic rings. The highest BCUT2D eigenvalue weighted by molar-refractivity contribution is 7.91. The van der Waals surface area contributed by atoms with E-state index in [0.717, 1.165) is 49.6 Å². The Balaban J connectivity index is 1.87. The van der Waals surface area contributed by atoms with Gasteiger partial charge in [0.2, 0.25) is 0 Å². The molecule has 0 aromatic heterocycles. The maximum atomic E-state index is 12.8. The van der Waals surface area contributed by atoms with Crippen molar-refractivity contribution in [2.75, 3.05) is 43.0 Å². The molecule has 0 aliphatic heterocycles. The van der Waals surface area contributed by atoms with Crippen molar-refractivity contribution in [3.05, 3.63) is 60.7 Å². The van der Waals surface area contributed by atoms with Crippen molar-refractivity contribution in [2.24, 2.45) is 20.5 Å². The van der Waals surface area contributed by atoms with Crippen LogP contribution in [0.4, 0.5) is 28.4 Å². The number of azo groups is 2. The van der Waals surface area contributed by atoms with E-state index in [-0.39, 0.29) is 27.9 Å². The lowest BCUT2D eigenvalue weighted by Crippen LogP contribution is -2.15. The number of hydrogen-bond donors (Lipinski definition) is 6. The Morgan fingerprint density at radius 3 is 1.75 bits per heavy atom. The predicted octanol–water partition coefficient (Wildman–Crippen LogP) is 3.07. The largest absolute Gasteiger partial charge is 0.505 e. The van der Waals surface area contributed by atoms with Gasteiger partial charge >= 0.3 is 20.8 Å². The molecule has 6 N–H and O–H groups in total. The summed E-state index contributed by atoms with van der Waals surface area (Å²) in [6.07, 6.45) is 0. The molecule has 322 valence electrons. The van der Waals surface area contributed by atoms with Gasteiger partial charge in [0.25, 0.3) is 20.2 Å². The van der Waals surface area contributed by atoms with E-state index in [1.54, 1.807) is 0 Å². The number of fused-ring (bicyclic) bond motifs is 1. The van der Waals surface area contributed by atoms with Crippen molar-refractivity contribution >= 4 is 99.9 Å². The zero-order chi connectivity index (χ0) is 44.2. The molecular weight excluding hydrogens is 919 g/mol. The van der Waals surface area contributed by atoms with Crippen LogP contribution in [-0.4, -0.2) is 112 Å². The minimum atomic E-state index is -5.38. The van der Waals surface area contributed by atoms with Crippen molar-refractivity contribution in [1.29, 1.82) is 0 Å². The molecule has 4 rings (SSSR count). The van der Waals surface area contributed by atoms with Crippen molar-refractivity contribution in [2.45, 2.75) is 14.7 Å². The fourth-order valence-corrected chi connectivity index (χ4v) is 8.76. The van der Waals surface area contributed by atoms with Crippen LogP contribution in [0, 0.1) is 0 Å². The molecule has 0 amide bonds. The Morgan fingerprint density at radius 2 is 1.20 bits per heavy atom. The van der Waals surface area contributed by atoms with Gasteiger partial charge in [-0.25, -0.2) is 25.2 Å². The highest BCUT2D eigenvalue weighted by atomic mass is 32.3. The lowest BCUT2D eigenvalue weighted by molar-refractivity contribution is 0.282. The summed E-state index contributed by atoms with van der Waals surface area (Å²) in [7, 11) is -27.5. The molecule has 0 aliphatic carbocycles. The molecule has 4 aromatic rings. The monoisotopic (exact) mass is 947 g/mol. The van der Waals surface area contributed by atoms with E-state index in [0.29, 0.717) is 6.07 Å². The molecule has 0 fully saturated rings. The molecule has 0 spiro atoms. The fourth-order valence-electron chi connectivity index (χ4n) is 4.74. The summed E-state index contributed by atoms with van der Waals surface area (Å²) in [5.74, 6) is -4.18. The number of nitrogens with zero attached hydrogens (tertiary/aromatic N) is 4. The standard InChI is InChI=1S/C28H29N5O20S6/c1-51-24-8-5-19(55(37,38)12-10-53-59(48,49)50)14-23(24)31-33-27-25(57(42,43)44)15-21-20(28(27)34)6-7-22(29-16-56(39,40)41)26(21)32-30-17-3-2-4-18(13-17)54(35,36)11-9-52-58(45,46)47/h2-8,13-15,29,34H,9-12,16H2,1H3,(H,39,40,41)(H,42,43,44)(H,45,46,47)(H,48,49,50). The zero-order valence-electron chi connectivity index (χ0n) is 29.4. The maximum absolute atomic E-state index is 12.8. The number of rotatable bonds is 19. The van der Waals surface area contributed by atoms with Gasteiger partial charge in [-0.2, -0.15) is 38.8 Å². The number of anilines is 1. The molecule has 0 bridgehead atoms. The molecule has 0 atom stereocenters. The van der Waals surface area contributed by atoms with Gasteiger partial charge < -0.3 is 15.2 Å². The van der Waals surface area contributed by atoms with Gasteiger partial charge in [-0.3, -0.25) is 18.2 Å².